The Morgan fingerprint density at radius 1 is 1.43 bits per heavy atom. The minimum absolute atomic E-state index is 0.0755. The van der Waals surface area contributed by atoms with Crippen LogP contribution in [0.15, 0.2) is 28.9 Å². The van der Waals surface area contributed by atoms with Gasteiger partial charge in [-0.05, 0) is 19.1 Å². The van der Waals surface area contributed by atoms with Crippen LogP contribution in [-0.2, 0) is 16.8 Å². The zero-order chi connectivity index (χ0) is 16.6. The van der Waals surface area contributed by atoms with E-state index in [0.717, 1.165) is 18.8 Å². The highest BCUT2D eigenvalue weighted by molar-refractivity contribution is 5.91. The standard InChI is InChI=1S/C17H24N4O2/c1-12-13-6-5-7-20(13)8-9-21(12)11-15(22)18-16-10-14(19-23-16)17(2,3)4/h5-7,10,12H,8-9,11H2,1-4H3,(H,18,22). The summed E-state index contributed by atoms with van der Waals surface area (Å²) < 4.78 is 7.46. The molecule has 3 heterocycles. The van der Waals surface area contributed by atoms with Gasteiger partial charge in [-0.2, -0.15) is 0 Å². The molecule has 3 rings (SSSR count). The number of fused-ring (bicyclic) bond motifs is 1. The average Bonchev–Trinajstić information content (AvgIpc) is 3.10. The fraction of sp³-hybridized carbons (Fsp3) is 0.529. The molecule has 124 valence electrons. The van der Waals surface area contributed by atoms with Crippen LogP contribution in [0, 0.1) is 0 Å². The van der Waals surface area contributed by atoms with E-state index in [1.54, 1.807) is 6.07 Å². The Hall–Kier alpha value is -2.08. The SMILES string of the molecule is CC1c2cccn2CCN1CC(=O)Nc1cc(C(C)(C)C)no1. The van der Waals surface area contributed by atoms with Crippen molar-refractivity contribution in [2.24, 2.45) is 0 Å². The predicted molar refractivity (Wildman–Crippen MR) is 88.3 cm³/mol. The molecule has 0 saturated carbocycles. The lowest BCUT2D eigenvalue weighted by atomic mass is 9.92. The first kappa shape index (κ1) is 15.8. The van der Waals surface area contributed by atoms with E-state index in [1.807, 2.05) is 0 Å². The van der Waals surface area contributed by atoms with Crippen LogP contribution in [-0.4, -0.2) is 33.6 Å². The fourth-order valence-electron chi connectivity index (χ4n) is 2.89. The first-order valence-corrected chi connectivity index (χ1v) is 8.01. The summed E-state index contributed by atoms with van der Waals surface area (Å²) in [4.78, 5) is 14.5. The molecule has 0 saturated heterocycles. The lowest BCUT2D eigenvalue weighted by Crippen LogP contribution is -2.41. The van der Waals surface area contributed by atoms with E-state index in [-0.39, 0.29) is 17.4 Å². The Kier molecular flexibility index (Phi) is 4.02. The maximum absolute atomic E-state index is 12.3. The number of aromatic nitrogens is 2. The summed E-state index contributed by atoms with van der Waals surface area (Å²) in [5, 5.41) is 6.82. The van der Waals surface area contributed by atoms with Crippen LogP contribution < -0.4 is 5.32 Å². The highest BCUT2D eigenvalue weighted by Gasteiger charge is 2.26. The second-order valence-electron chi connectivity index (χ2n) is 7.15. The third-order valence-electron chi connectivity index (χ3n) is 4.36. The number of hydrogen-bond acceptors (Lipinski definition) is 4. The first-order chi connectivity index (χ1) is 10.8. The molecule has 1 amide bonds. The van der Waals surface area contributed by atoms with Gasteiger partial charge in [0.15, 0.2) is 0 Å². The number of carbonyl (C=O) groups excluding carboxylic acids is 1. The van der Waals surface area contributed by atoms with Crippen molar-refractivity contribution in [1.29, 1.82) is 0 Å². The number of amides is 1. The molecule has 6 nitrogen and oxygen atoms in total. The molecule has 2 aromatic heterocycles. The summed E-state index contributed by atoms with van der Waals surface area (Å²) >= 11 is 0. The highest BCUT2D eigenvalue weighted by Crippen LogP contribution is 2.26. The maximum Gasteiger partial charge on any atom is 0.240 e. The van der Waals surface area contributed by atoms with Crippen LogP contribution in [0.5, 0.6) is 0 Å². The van der Waals surface area contributed by atoms with Crippen molar-refractivity contribution < 1.29 is 9.32 Å². The van der Waals surface area contributed by atoms with Gasteiger partial charge >= 0.3 is 0 Å². The maximum atomic E-state index is 12.3. The van der Waals surface area contributed by atoms with E-state index >= 15 is 0 Å². The molecule has 1 atom stereocenters. The van der Waals surface area contributed by atoms with Crippen LogP contribution in [0.4, 0.5) is 5.88 Å². The molecule has 0 aromatic carbocycles. The topological polar surface area (TPSA) is 63.3 Å². The zero-order valence-electron chi connectivity index (χ0n) is 14.2. The van der Waals surface area contributed by atoms with Gasteiger partial charge in [0.1, 0.15) is 0 Å². The monoisotopic (exact) mass is 316 g/mol. The zero-order valence-corrected chi connectivity index (χ0v) is 14.2. The normalized spacial score (nSPS) is 18.7. The van der Waals surface area contributed by atoms with Crippen LogP contribution in [0.1, 0.15) is 45.1 Å². The van der Waals surface area contributed by atoms with Crippen LogP contribution in [0.2, 0.25) is 0 Å². The van der Waals surface area contributed by atoms with E-state index in [0.29, 0.717) is 12.4 Å². The van der Waals surface area contributed by atoms with Gasteiger partial charge in [-0.3, -0.25) is 15.0 Å². The van der Waals surface area contributed by atoms with E-state index in [4.69, 9.17) is 4.52 Å². The van der Waals surface area contributed by atoms with Gasteiger partial charge in [0.2, 0.25) is 11.8 Å². The van der Waals surface area contributed by atoms with Gasteiger partial charge in [-0.25, -0.2) is 0 Å². The Bertz CT molecular complexity index is 696. The Morgan fingerprint density at radius 3 is 2.91 bits per heavy atom. The summed E-state index contributed by atoms with van der Waals surface area (Å²) in [5.41, 5.74) is 1.98. The van der Waals surface area contributed by atoms with Gasteiger partial charge < -0.3 is 9.09 Å². The van der Waals surface area contributed by atoms with Crippen molar-refractivity contribution in [2.45, 2.75) is 45.7 Å². The molecule has 6 heteroatoms. The van der Waals surface area contributed by atoms with Gasteiger partial charge in [-0.15, -0.1) is 0 Å². The molecule has 0 spiro atoms. The second-order valence-corrected chi connectivity index (χ2v) is 7.15. The van der Waals surface area contributed by atoms with Crippen molar-refractivity contribution in [3.05, 3.63) is 35.8 Å². The fourth-order valence-corrected chi connectivity index (χ4v) is 2.89. The summed E-state index contributed by atoms with van der Waals surface area (Å²) in [7, 11) is 0. The predicted octanol–water partition coefficient (Wildman–Crippen LogP) is 2.79. The number of nitrogens with one attached hydrogen (secondary N) is 1. The Labute approximate surface area is 136 Å². The minimum atomic E-state index is -0.0979. The van der Waals surface area contributed by atoms with Crippen molar-refractivity contribution in [2.75, 3.05) is 18.4 Å². The van der Waals surface area contributed by atoms with Gasteiger partial charge in [0.25, 0.3) is 0 Å². The molecule has 0 fully saturated rings. The van der Waals surface area contributed by atoms with Gasteiger partial charge in [0.05, 0.1) is 12.2 Å². The summed E-state index contributed by atoms with van der Waals surface area (Å²) in [6.07, 6.45) is 2.09. The Morgan fingerprint density at radius 2 is 2.22 bits per heavy atom. The number of carbonyl (C=O) groups is 1. The number of anilines is 1. The highest BCUT2D eigenvalue weighted by atomic mass is 16.5. The van der Waals surface area contributed by atoms with E-state index < -0.39 is 0 Å². The number of rotatable bonds is 3. The smallest absolute Gasteiger partial charge is 0.240 e. The molecule has 1 aliphatic rings. The summed E-state index contributed by atoms with van der Waals surface area (Å²) in [5.74, 6) is 0.335. The molecular weight excluding hydrogens is 292 g/mol. The lowest BCUT2D eigenvalue weighted by Gasteiger charge is -2.34. The first-order valence-electron chi connectivity index (χ1n) is 8.01. The molecule has 0 aliphatic carbocycles. The van der Waals surface area contributed by atoms with Crippen molar-refractivity contribution >= 4 is 11.8 Å². The number of nitrogens with zero attached hydrogens (tertiary/aromatic N) is 3. The second kappa shape index (κ2) is 5.85. The number of hydrogen-bond donors (Lipinski definition) is 1. The molecular formula is C17H24N4O2. The minimum Gasteiger partial charge on any atom is -0.349 e. The van der Waals surface area contributed by atoms with E-state index in [1.165, 1.54) is 5.69 Å². The largest absolute Gasteiger partial charge is 0.349 e. The van der Waals surface area contributed by atoms with Crippen LogP contribution in [0.25, 0.3) is 0 Å². The van der Waals surface area contributed by atoms with Crippen LogP contribution >= 0.6 is 0 Å². The quantitative estimate of drug-likeness (QED) is 0.946. The van der Waals surface area contributed by atoms with E-state index in [9.17, 15) is 4.79 Å². The van der Waals surface area contributed by atoms with Crippen LogP contribution in [0.3, 0.4) is 0 Å². The van der Waals surface area contributed by atoms with Gasteiger partial charge in [0, 0.05) is 42.5 Å². The molecule has 2 aromatic rings. The van der Waals surface area contributed by atoms with E-state index in [2.05, 4.69) is 66.0 Å². The van der Waals surface area contributed by atoms with Gasteiger partial charge in [-0.1, -0.05) is 25.9 Å². The Balaban J connectivity index is 1.61. The van der Waals surface area contributed by atoms with Crippen molar-refractivity contribution in [3.63, 3.8) is 0 Å². The summed E-state index contributed by atoms with van der Waals surface area (Å²) in [6, 6.07) is 6.19. The third kappa shape index (κ3) is 3.32. The molecule has 23 heavy (non-hydrogen) atoms. The molecule has 1 aliphatic heterocycles. The third-order valence-corrected chi connectivity index (χ3v) is 4.36. The average molecular weight is 316 g/mol. The van der Waals surface area contributed by atoms with Crippen molar-refractivity contribution in [3.8, 4) is 0 Å². The molecule has 0 bridgehead atoms. The molecule has 1 N–H and O–H groups in total. The lowest BCUT2D eigenvalue weighted by molar-refractivity contribution is -0.118. The molecule has 0 radical (unpaired) electrons. The summed E-state index contributed by atoms with van der Waals surface area (Å²) in [6.45, 7) is 10.4. The van der Waals surface area contributed by atoms with Crippen molar-refractivity contribution in [1.82, 2.24) is 14.6 Å². The molecule has 1 unspecified atom stereocenters.